The van der Waals surface area contributed by atoms with Gasteiger partial charge in [-0.3, -0.25) is 4.98 Å². The summed E-state index contributed by atoms with van der Waals surface area (Å²) in [5, 5.41) is 0.871. The Morgan fingerprint density at radius 1 is 1.00 bits per heavy atom. The molecule has 0 bridgehead atoms. The third-order valence-electron chi connectivity index (χ3n) is 3.33. The minimum atomic E-state index is 0.656. The first-order chi connectivity index (χ1) is 11.6. The molecule has 0 spiro atoms. The number of anilines is 1. The van der Waals surface area contributed by atoms with Crippen LogP contribution in [0.2, 0.25) is 0 Å². The Labute approximate surface area is 154 Å². The van der Waals surface area contributed by atoms with E-state index in [0.717, 1.165) is 15.4 Å². The van der Waals surface area contributed by atoms with Gasteiger partial charge in [-0.1, -0.05) is 15.9 Å². The molecule has 0 aliphatic carbocycles. The molecule has 1 heterocycles. The summed E-state index contributed by atoms with van der Waals surface area (Å²) in [7, 11) is 3.19. The molecule has 0 saturated heterocycles. The van der Waals surface area contributed by atoms with Crippen molar-refractivity contribution in [2.24, 2.45) is 0 Å². The van der Waals surface area contributed by atoms with Crippen LogP contribution in [0.25, 0.3) is 10.9 Å². The van der Waals surface area contributed by atoms with Gasteiger partial charge in [0, 0.05) is 32.7 Å². The smallest absolute Gasteiger partial charge is 0.162 e. The molecule has 0 atom stereocenters. The van der Waals surface area contributed by atoms with Crippen molar-refractivity contribution in [1.82, 2.24) is 4.98 Å². The van der Waals surface area contributed by atoms with Crippen molar-refractivity contribution in [2.45, 2.75) is 4.90 Å². The predicted octanol–water partition coefficient (Wildman–Crippen LogP) is 5.01. The largest absolute Gasteiger partial charge is 0.493 e. The normalized spacial score (nSPS) is 10.0. The van der Waals surface area contributed by atoms with E-state index < -0.39 is 0 Å². The lowest BCUT2D eigenvalue weighted by Gasteiger charge is -2.09. The van der Waals surface area contributed by atoms with Crippen LogP contribution in [0.4, 0.5) is 5.69 Å². The molecule has 126 valence electrons. The Balaban J connectivity index is 0.000000198. The number of hydrogen-bond acceptors (Lipinski definition) is 5. The van der Waals surface area contributed by atoms with E-state index in [1.165, 1.54) is 4.90 Å². The summed E-state index contributed by atoms with van der Waals surface area (Å²) in [4.78, 5) is 5.51. The Morgan fingerprint density at radius 3 is 2.21 bits per heavy atom. The molecule has 0 amide bonds. The molecule has 0 fully saturated rings. The summed E-state index contributed by atoms with van der Waals surface area (Å²) >= 11 is 5.12. The average molecular weight is 407 g/mol. The molecule has 3 aromatic rings. The highest BCUT2D eigenvalue weighted by Crippen LogP contribution is 2.33. The van der Waals surface area contributed by atoms with Crippen molar-refractivity contribution < 1.29 is 9.47 Å². The van der Waals surface area contributed by atoms with Crippen LogP contribution in [0.5, 0.6) is 11.5 Å². The number of nitrogens with two attached hydrogens (primary N) is 1. The number of rotatable bonds is 3. The molecule has 0 aliphatic rings. The van der Waals surface area contributed by atoms with E-state index in [2.05, 4.69) is 39.3 Å². The third-order valence-corrected chi connectivity index (χ3v) is 4.60. The van der Waals surface area contributed by atoms with E-state index in [1.54, 1.807) is 38.2 Å². The number of aromatic nitrogens is 1. The first kappa shape index (κ1) is 18.4. The molecule has 24 heavy (non-hydrogen) atoms. The number of fused-ring (bicyclic) bond motifs is 1. The number of halogens is 1. The highest BCUT2D eigenvalue weighted by Gasteiger charge is 2.07. The molecule has 4 nitrogen and oxygen atoms in total. The fraction of sp³-hybridized carbons (Fsp3) is 0.167. The molecule has 2 N–H and O–H groups in total. The van der Waals surface area contributed by atoms with Crippen molar-refractivity contribution in [1.29, 1.82) is 0 Å². The first-order valence-electron chi connectivity index (χ1n) is 7.14. The van der Waals surface area contributed by atoms with Crippen LogP contribution < -0.4 is 15.2 Å². The number of benzene rings is 2. The second-order valence-electron chi connectivity index (χ2n) is 4.78. The minimum absolute atomic E-state index is 0.656. The number of hydrogen-bond donors (Lipinski definition) is 1. The van der Waals surface area contributed by atoms with Crippen molar-refractivity contribution in [3.05, 3.63) is 53.1 Å². The molecule has 2 aromatic carbocycles. The summed E-state index contributed by atoms with van der Waals surface area (Å²) in [5.41, 5.74) is 7.32. The van der Waals surface area contributed by atoms with Gasteiger partial charge in [-0.15, -0.1) is 11.8 Å². The Kier molecular flexibility index (Phi) is 6.75. The fourth-order valence-electron chi connectivity index (χ4n) is 2.06. The topological polar surface area (TPSA) is 57.4 Å². The molecular weight excluding hydrogens is 388 g/mol. The second kappa shape index (κ2) is 8.80. The van der Waals surface area contributed by atoms with Crippen LogP contribution in [0.15, 0.2) is 58.0 Å². The number of pyridine rings is 1. The third kappa shape index (κ3) is 4.55. The van der Waals surface area contributed by atoms with Gasteiger partial charge in [-0.05, 0) is 42.7 Å². The number of ether oxygens (including phenoxy) is 2. The van der Waals surface area contributed by atoms with E-state index in [-0.39, 0.29) is 0 Å². The van der Waals surface area contributed by atoms with Crippen molar-refractivity contribution in [3.8, 4) is 11.5 Å². The highest BCUT2D eigenvalue weighted by atomic mass is 79.9. The summed E-state index contributed by atoms with van der Waals surface area (Å²) in [6.07, 6.45) is 3.74. The van der Waals surface area contributed by atoms with Crippen LogP contribution in [0, 0.1) is 0 Å². The Morgan fingerprint density at radius 2 is 1.62 bits per heavy atom. The van der Waals surface area contributed by atoms with Gasteiger partial charge in [0.05, 0.1) is 19.7 Å². The Bertz CT molecular complexity index is 810. The van der Waals surface area contributed by atoms with E-state index >= 15 is 0 Å². The van der Waals surface area contributed by atoms with Crippen LogP contribution in [0.1, 0.15) is 0 Å². The molecule has 3 rings (SSSR count). The molecule has 6 heteroatoms. The van der Waals surface area contributed by atoms with Gasteiger partial charge in [0.2, 0.25) is 0 Å². The van der Waals surface area contributed by atoms with Gasteiger partial charge in [-0.25, -0.2) is 0 Å². The Hall–Kier alpha value is -1.92. The number of thioether (sulfide) groups is 1. The lowest BCUT2D eigenvalue weighted by molar-refractivity contribution is 0.356. The zero-order valence-corrected chi connectivity index (χ0v) is 16.1. The van der Waals surface area contributed by atoms with Gasteiger partial charge in [0.15, 0.2) is 11.5 Å². The maximum Gasteiger partial charge on any atom is 0.162 e. The minimum Gasteiger partial charge on any atom is -0.493 e. The molecule has 1 aromatic heterocycles. The van der Waals surface area contributed by atoms with Crippen molar-refractivity contribution in [2.75, 3.05) is 26.2 Å². The fourth-order valence-corrected chi connectivity index (χ4v) is 2.74. The van der Waals surface area contributed by atoms with Gasteiger partial charge >= 0.3 is 0 Å². The van der Waals surface area contributed by atoms with Gasteiger partial charge in [-0.2, -0.15) is 0 Å². The van der Waals surface area contributed by atoms with Crippen LogP contribution >= 0.6 is 27.7 Å². The maximum absolute atomic E-state index is 5.83. The summed E-state index contributed by atoms with van der Waals surface area (Å²) in [6, 6.07) is 13.7. The molecule has 0 unspecified atom stereocenters. The van der Waals surface area contributed by atoms with Crippen LogP contribution in [0.3, 0.4) is 0 Å². The summed E-state index contributed by atoms with van der Waals surface area (Å²) < 4.78 is 11.5. The summed E-state index contributed by atoms with van der Waals surface area (Å²) in [5.74, 6) is 1.31. The highest BCUT2D eigenvalue weighted by molar-refractivity contribution is 9.10. The van der Waals surface area contributed by atoms with E-state index in [9.17, 15) is 0 Å². The molecule has 0 saturated carbocycles. The summed E-state index contributed by atoms with van der Waals surface area (Å²) in [6.45, 7) is 0. The van der Waals surface area contributed by atoms with Gasteiger partial charge < -0.3 is 15.2 Å². The van der Waals surface area contributed by atoms with E-state index in [4.69, 9.17) is 15.2 Å². The number of methoxy groups -OCH3 is 2. The standard InChI is InChI=1S/C11H12N2O2.C7H7BrS/c1-14-10-5-7-8(12)3-4-13-9(7)6-11(10)15-2;1-9-7-4-2-6(8)3-5-7/h3-6H,1-2H3,(H2,12,13);2-5H,1H3. The first-order valence-corrected chi connectivity index (χ1v) is 9.16. The molecule has 0 aliphatic heterocycles. The van der Waals surface area contributed by atoms with Crippen LogP contribution in [-0.4, -0.2) is 25.5 Å². The lowest BCUT2D eigenvalue weighted by atomic mass is 10.1. The molecular formula is C18H19BrN2O2S. The number of nitrogens with zero attached hydrogens (tertiary/aromatic N) is 1. The van der Waals surface area contributed by atoms with Gasteiger partial charge in [0.1, 0.15) is 0 Å². The van der Waals surface area contributed by atoms with Crippen molar-refractivity contribution in [3.63, 3.8) is 0 Å². The zero-order chi connectivity index (χ0) is 17.5. The quantitative estimate of drug-likeness (QED) is 0.619. The zero-order valence-electron chi connectivity index (χ0n) is 13.7. The number of nitrogen functional groups attached to an aromatic ring is 1. The second-order valence-corrected chi connectivity index (χ2v) is 6.58. The van der Waals surface area contributed by atoms with E-state index in [0.29, 0.717) is 17.2 Å². The SMILES string of the molecule is COc1cc2nccc(N)c2cc1OC.CSc1ccc(Br)cc1. The van der Waals surface area contributed by atoms with Crippen LogP contribution in [-0.2, 0) is 0 Å². The lowest BCUT2D eigenvalue weighted by Crippen LogP contribution is -1.93. The maximum atomic E-state index is 5.83. The average Bonchev–Trinajstić information content (AvgIpc) is 2.62. The molecule has 0 radical (unpaired) electrons. The van der Waals surface area contributed by atoms with Gasteiger partial charge in [0.25, 0.3) is 0 Å². The predicted molar refractivity (Wildman–Crippen MR) is 105 cm³/mol. The van der Waals surface area contributed by atoms with E-state index in [1.807, 2.05) is 24.3 Å². The monoisotopic (exact) mass is 406 g/mol. The van der Waals surface area contributed by atoms with Crippen molar-refractivity contribution >= 4 is 44.3 Å².